The molecule has 0 aliphatic rings. The van der Waals surface area contributed by atoms with Crippen molar-refractivity contribution < 1.29 is 9.47 Å². The minimum atomic E-state index is -0.0964. The Labute approximate surface area is 347 Å². The summed E-state index contributed by atoms with van der Waals surface area (Å²) in [5.41, 5.74) is 10.1. The Hall–Kier alpha value is -4.72. The van der Waals surface area contributed by atoms with Gasteiger partial charge >= 0.3 is 0 Å². The lowest BCUT2D eigenvalue weighted by Gasteiger charge is -2.32. The van der Waals surface area contributed by atoms with Crippen molar-refractivity contribution in [1.29, 1.82) is 0 Å². The summed E-state index contributed by atoms with van der Waals surface area (Å²) >= 11 is 0. The lowest BCUT2D eigenvalue weighted by Crippen LogP contribution is -2.23. The number of ether oxygens (including phenoxy) is 2. The fraction of sp³-hybridized carbons (Fsp3) is 0.520. The second-order valence-corrected chi connectivity index (χ2v) is 18.8. The summed E-state index contributed by atoms with van der Waals surface area (Å²) in [7, 11) is 0. The van der Waals surface area contributed by atoms with Gasteiger partial charge in [0.05, 0.1) is 13.2 Å². The largest absolute Gasteiger partial charge is 0.491 e. The molecule has 6 aromatic rings. The van der Waals surface area contributed by atoms with Crippen molar-refractivity contribution in [3.8, 4) is 22.9 Å². The van der Waals surface area contributed by atoms with E-state index in [1.807, 2.05) is 48.5 Å². The quantitative estimate of drug-likeness (QED) is 0.0761. The van der Waals surface area contributed by atoms with E-state index in [2.05, 4.69) is 107 Å². The molecule has 2 aromatic heterocycles. The van der Waals surface area contributed by atoms with Gasteiger partial charge in [-0.3, -0.25) is 0 Å². The van der Waals surface area contributed by atoms with Crippen LogP contribution in [0.1, 0.15) is 157 Å². The summed E-state index contributed by atoms with van der Waals surface area (Å²) in [6, 6.07) is 25.4. The van der Waals surface area contributed by atoms with E-state index in [-0.39, 0.29) is 21.7 Å². The van der Waals surface area contributed by atoms with Crippen LogP contribution in [-0.2, 0) is 21.7 Å². The SMILES string of the molecule is CCC(C)(C)c1cc(-n2nc3ccccc3n2)c(OCCCCCCOc2c(-n3nc4ccccc4n3)cc(C(C)(C)CC)cc2C(C)(C)CC)c(C(C)(C)CC)c1. The van der Waals surface area contributed by atoms with Crippen LogP contribution in [0.2, 0.25) is 0 Å². The lowest BCUT2D eigenvalue weighted by molar-refractivity contribution is 0.277. The Morgan fingerprint density at radius 2 is 0.741 bits per heavy atom. The number of rotatable bonds is 19. The van der Waals surface area contributed by atoms with Crippen LogP contribution in [0.15, 0.2) is 72.8 Å². The number of benzene rings is 4. The summed E-state index contributed by atoms with van der Waals surface area (Å²) in [4.78, 5) is 3.59. The van der Waals surface area contributed by atoms with Gasteiger partial charge in [0.25, 0.3) is 0 Å². The first-order chi connectivity index (χ1) is 27.5. The summed E-state index contributed by atoms with van der Waals surface area (Å²) in [6.07, 6.45) is 7.96. The molecule has 0 fully saturated rings. The second-order valence-electron chi connectivity index (χ2n) is 18.8. The summed E-state index contributed by atoms with van der Waals surface area (Å²) in [5.74, 6) is 1.78. The zero-order valence-corrected chi connectivity index (χ0v) is 37.5. The van der Waals surface area contributed by atoms with Gasteiger partial charge in [-0.1, -0.05) is 119 Å². The summed E-state index contributed by atoms with van der Waals surface area (Å²) in [5, 5.41) is 19.7. The van der Waals surface area contributed by atoms with E-state index in [1.54, 1.807) is 9.59 Å². The first-order valence-electron chi connectivity index (χ1n) is 21.8. The van der Waals surface area contributed by atoms with Gasteiger partial charge < -0.3 is 9.47 Å². The molecule has 0 atom stereocenters. The molecule has 2 heterocycles. The van der Waals surface area contributed by atoms with Crippen LogP contribution in [0.25, 0.3) is 33.4 Å². The molecule has 58 heavy (non-hydrogen) atoms. The maximum Gasteiger partial charge on any atom is 0.150 e. The van der Waals surface area contributed by atoms with Crippen LogP contribution in [0.3, 0.4) is 0 Å². The average Bonchev–Trinajstić information content (AvgIpc) is 3.86. The van der Waals surface area contributed by atoms with E-state index in [0.717, 1.165) is 96.3 Å². The van der Waals surface area contributed by atoms with Crippen LogP contribution in [-0.4, -0.2) is 43.2 Å². The highest BCUT2D eigenvalue weighted by atomic mass is 16.5. The molecule has 0 amide bonds. The molecule has 6 rings (SSSR count). The Morgan fingerprint density at radius 1 is 0.431 bits per heavy atom. The number of hydrogen-bond acceptors (Lipinski definition) is 6. The molecular weight excluding hydrogens is 717 g/mol. The number of aromatic nitrogens is 6. The first-order valence-corrected chi connectivity index (χ1v) is 21.8. The van der Waals surface area contributed by atoms with Gasteiger partial charge in [-0.25, -0.2) is 0 Å². The van der Waals surface area contributed by atoms with E-state index >= 15 is 0 Å². The predicted octanol–water partition coefficient (Wildman–Crippen LogP) is 12.9. The monoisotopic (exact) mass is 785 g/mol. The van der Waals surface area contributed by atoms with E-state index in [9.17, 15) is 0 Å². The third-order valence-corrected chi connectivity index (χ3v) is 13.2. The molecular formula is C50H68N6O2. The van der Waals surface area contributed by atoms with E-state index in [4.69, 9.17) is 29.9 Å². The maximum atomic E-state index is 6.84. The molecule has 0 aliphatic carbocycles. The molecule has 0 saturated heterocycles. The highest BCUT2D eigenvalue weighted by molar-refractivity contribution is 5.75. The van der Waals surface area contributed by atoms with Crippen LogP contribution in [0.4, 0.5) is 0 Å². The molecule has 0 bridgehead atoms. The van der Waals surface area contributed by atoms with Crippen LogP contribution in [0.5, 0.6) is 11.5 Å². The molecule has 0 N–H and O–H groups in total. The minimum absolute atomic E-state index is 0.00847. The van der Waals surface area contributed by atoms with Crippen molar-refractivity contribution in [2.45, 2.75) is 156 Å². The molecule has 8 nitrogen and oxygen atoms in total. The summed E-state index contributed by atoms with van der Waals surface area (Å²) in [6.45, 7) is 28.8. The Morgan fingerprint density at radius 3 is 1.03 bits per heavy atom. The van der Waals surface area contributed by atoms with Gasteiger partial charge in [0.15, 0.2) is 11.5 Å². The maximum absolute atomic E-state index is 6.84. The van der Waals surface area contributed by atoms with Gasteiger partial charge in [-0.15, -0.1) is 30.0 Å². The molecule has 4 aromatic carbocycles. The van der Waals surface area contributed by atoms with Gasteiger partial charge in [0.1, 0.15) is 33.4 Å². The van der Waals surface area contributed by atoms with E-state index in [1.165, 1.54) is 22.3 Å². The van der Waals surface area contributed by atoms with Crippen molar-refractivity contribution in [1.82, 2.24) is 30.0 Å². The predicted molar refractivity (Wildman–Crippen MR) is 240 cm³/mol. The molecule has 0 aliphatic heterocycles. The first kappa shape index (κ1) is 42.9. The number of fused-ring (bicyclic) bond motifs is 2. The summed E-state index contributed by atoms with van der Waals surface area (Å²) < 4.78 is 13.7. The molecule has 0 unspecified atom stereocenters. The Kier molecular flexibility index (Phi) is 12.7. The van der Waals surface area contributed by atoms with Crippen molar-refractivity contribution in [3.05, 3.63) is 95.1 Å². The van der Waals surface area contributed by atoms with Gasteiger partial charge in [0.2, 0.25) is 0 Å². The van der Waals surface area contributed by atoms with Gasteiger partial charge in [-0.2, -0.15) is 0 Å². The zero-order chi connectivity index (χ0) is 41.9. The molecule has 0 saturated carbocycles. The van der Waals surface area contributed by atoms with Crippen LogP contribution in [0, 0.1) is 0 Å². The molecule has 8 heteroatoms. The van der Waals surface area contributed by atoms with Crippen LogP contribution >= 0.6 is 0 Å². The van der Waals surface area contributed by atoms with Crippen molar-refractivity contribution in [2.24, 2.45) is 0 Å². The Bertz CT molecular complexity index is 2100. The van der Waals surface area contributed by atoms with E-state index in [0.29, 0.717) is 13.2 Å². The minimum Gasteiger partial charge on any atom is -0.491 e. The fourth-order valence-electron chi connectivity index (χ4n) is 7.24. The smallest absolute Gasteiger partial charge is 0.150 e. The highest BCUT2D eigenvalue weighted by Gasteiger charge is 2.32. The topological polar surface area (TPSA) is 79.9 Å². The third kappa shape index (κ3) is 8.96. The lowest BCUT2D eigenvalue weighted by atomic mass is 9.76. The third-order valence-electron chi connectivity index (χ3n) is 13.2. The number of unbranched alkanes of at least 4 members (excludes halogenated alkanes) is 3. The van der Waals surface area contributed by atoms with E-state index < -0.39 is 0 Å². The average molecular weight is 785 g/mol. The number of hydrogen-bond donors (Lipinski definition) is 0. The highest BCUT2D eigenvalue weighted by Crippen LogP contribution is 2.44. The standard InChI is InChI=1S/C50H68N6O2/c1-13-47(5,6)35-31-37(49(9,10)15-3)45(43(33-35)55-51-39-25-19-20-26-40(39)52-55)57-29-23-17-18-24-30-58-46-38(50(11,12)16-4)32-36(48(7,8)14-2)34-44(46)56-53-41-27-21-22-28-42(41)54-56/h19-22,25-28,31-34H,13-18,23-24,29-30H2,1-12H3. The second kappa shape index (κ2) is 17.2. The van der Waals surface area contributed by atoms with Crippen molar-refractivity contribution in [2.75, 3.05) is 13.2 Å². The van der Waals surface area contributed by atoms with Crippen molar-refractivity contribution >= 4 is 22.1 Å². The van der Waals surface area contributed by atoms with Gasteiger partial charge in [0, 0.05) is 11.1 Å². The van der Waals surface area contributed by atoms with Crippen molar-refractivity contribution in [3.63, 3.8) is 0 Å². The fourth-order valence-corrected chi connectivity index (χ4v) is 7.24. The zero-order valence-electron chi connectivity index (χ0n) is 37.5. The normalized spacial score (nSPS) is 12.8. The molecule has 0 spiro atoms. The Balaban J connectivity index is 1.20. The van der Waals surface area contributed by atoms with Gasteiger partial charge in [-0.05, 0) is 121 Å². The molecule has 310 valence electrons. The molecule has 0 radical (unpaired) electrons. The number of nitrogens with zero attached hydrogens (tertiary/aromatic N) is 6. The van der Waals surface area contributed by atoms with Crippen LogP contribution < -0.4 is 9.47 Å².